The van der Waals surface area contributed by atoms with Crippen molar-refractivity contribution in [3.05, 3.63) is 45.5 Å². The zero-order valence-electron chi connectivity index (χ0n) is 13.2. The Balaban J connectivity index is 2.21. The normalized spacial score (nSPS) is 16.3. The van der Waals surface area contributed by atoms with E-state index in [9.17, 15) is 19.7 Å². The van der Waals surface area contributed by atoms with Crippen molar-refractivity contribution < 1.29 is 14.5 Å². The number of benzene rings is 1. The van der Waals surface area contributed by atoms with Crippen LogP contribution in [0.25, 0.3) is 6.08 Å². The van der Waals surface area contributed by atoms with Crippen LogP contribution in [-0.2, 0) is 9.59 Å². The van der Waals surface area contributed by atoms with E-state index < -0.39 is 4.92 Å². The van der Waals surface area contributed by atoms with Crippen LogP contribution in [0.5, 0.6) is 0 Å². The van der Waals surface area contributed by atoms with Crippen molar-refractivity contribution in [3.8, 4) is 0 Å². The number of carbonyl (C=O) groups is 2. The molecular weight excluding hydrogens is 298 g/mol. The van der Waals surface area contributed by atoms with E-state index >= 15 is 0 Å². The lowest BCUT2D eigenvalue weighted by molar-refractivity contribution is -0.384. The third-order valence-corrected chi connectivity index (χ3v) is 3.82. The van der Waals surface area contributed by atoms with Crippen LogP contribution in [0.2, 0.25) is 0 Å². The van der Waals surface area contributed by atoms with Gasteiger partial charge in [0.1, 0.15) is 0 Å². The number of nitro benzene ring substituents is 1. The van der Waals surface area contributed by atoms with Gasteiger partial charge in [0.15, 0.2) is 5.78 Å². The third-order valence-electron chi connectivity index (χ3n) is 3.82. The Morgan fingerprint density at radius 2 is 1.70 bits per heavy atom. The maximum absolute atomic E-state index is 12.5. The molecule has 1 aliphatic heterocycles. The molecule has 0 N–H and O–H groups in total. The van der Waals surface area contributed by atoms with Crippen molar-refractivity contribution in [1.29, 1.82) is 0 Å². The first-order valence-electron chi connectivity index (χ1n) is 7.33. The van der Waals surface area contributed by atoms with Crippen molar-refractivity contribution in [3.63, 3.8) is 0 Å². The van der Waals surface area contributed by atoms with E-state index in [1.165, 1.54) is 37.3 Å². The number of likely N-dealkylation sites (N-methyl/N-ethyl adjacent to an activating group) is 1. The minimum atomic E-state index is -0.491. The predicted octanol–water partition coefficient (Wildman–Crippen LogP) is 1.34. The quantitative estimate of drug-likeness (QED) is 0.275. The number of hydrogen-bond donors (Lipinski definition) is 0. The van der Waals surface area contributed by atoms with Gasteiger partial charge in [0.05, 0.1) is 10.5 Å². The molecule has 1 aromatic carbocycles. The van der Waals surface area contributed by atoms with Crippen LogP contribution in [0.1, 0.15) is 12.5 Å². The van der Waals surface area contributed by atoms with Gasteiger partial charge < -0.3 is 9.80 Å². The van der Waals surface area contributed by atoms with Crippen LogP contribution in [0.4, 0.5) is 5.69 Å². The van der Waals surface area contributed by atoms with Crippen LogP contribution in [0, 0.1) is 10.1 Å². The van der Waals surface area contributed by atoms with Crippen LogP contribution in [0.3, 0.4) is 0 Å². The van der Waals surface area contributed by atoms with Crippen molar-refractivity contribution >= 4 is 23.5 Å². The van der Waals surface area contributed by atoms with E-state index in [4.69, 9.17) is 0 Å². The maximum atomic E-state index is 12.5. The summed E-state index contributed by atoms with van der Waals surface area (Å²) in [6.45, 7) is 4.06. The first-order chi connectivity index (χ1) is 10.9. The first-order valence-corrected chi connectivity index (χ1v) is 7.33. The van der Waals surface area contributed by atoms with E-state index in [0.717, 1.165) is 13.1 Å². The van der Waals surface area contributed by atoms with Gasteiger partial charge in [0, 0.05) is 38.3 Å². The van der Waals surface area contributed by atoms with Gasteiger partial charge in [0.25, 0.3) is 11.6 Å². The molecular formula is C16H19N3O4. The van der Waals surface area contributed by atoms with Gasteiger partial charge in [-0.15, -0.1) is 0 Å². The van der Waals surface area contributed by atoms with E-state index in [1.54, 1.807) is 4.90 Å². The molecule has 7 nitrogen and oxygen atoms in total. The summed E-state index contributed by atoms with van der Waals surface area (Å²) in [5.41, 5.74) is 0.656. The number of hydrogen-bond acceptors (Lipinski definition) is 5. The smallest absolute Gasteiger partial charge is 0.269 e. The zero-order valence-corrected chi connectivity index (χ0v) is 13.2. The summed E-state index contributed by atoms with van der Waals surface area (Å²) in [7, 11) is 1.99. The summed E-state index contributed by atoms with van der Waals surface area (Å²) >= 11 is 0. The van der Waals surface area contributed by atoms with Gasteiger partial charge in [-0.2, -0.15) is 0 Å². The number of nitrogens with zero attached hydrogens (tertiary/aromatic N) is 3. The Bertz CT molecular complexity index is 644. The van der Waals surface area contributed by atoms with E-state index in [1.807, 2.05) is 7.05 Å². The number of non-ortho nitro benzene ring substituents is 1. The monoisotopic (exact) mass is 317 g/mol. The fraction of sp³-hybridized carbons (Fsp3) is 0.375. The highest BCUT2D eigenvalue weighted by Crippen LogP contribution is 2.16. The zero-order chi connectivity index (χ0) is 17.0. The summed E-state index contributed by atoms with van der Waals surface area (Å²) in [4.78, 5) is 38.3. The molecule has 0 saturated carbocycles. The van der Waals surface area contributed by atoms with Crippen LogP contribution >= 0.6 is 0 Å². The fourth-order valence-electron chi connectivity index (χ4n) is 2.35. The highest BCUT2D eigenvalue weighted by Gasteiger charge is 2.24. The van der Waals surface area contributed by atoms with E-state index in [2.05, 4.69) is 4.90 Å². The van der Waals surface area contributed by atoms with Gasteiger partial charge in [-0.05, 0) is 37.7 Å². The lowest BCUT2D eigenvalue weighted by Crippen LogP contribution is -2.48. The minimum Gasteiger partial charge on any atom is -0.336 e. The summed E-state index contributed by atoms with van der Waals surface area (Å²) in [6.07, 6.45) is 1.49. The molecule has 0 aliphatic carbocycles. The molecule has 0 radical (unpaired) electrons. The Labute approximate surface area is 134 Å². The number of Topliss-reactive ketones (excluding diaryl/α,β-unsaturated/α-hetero) is 1. The lowest BCUT2D eigenvalue weighted by Gasteiger charge is -2.32. The number of nitro groups is 1. The van der Waals surface area contributed by atoms with Crippen molar-refractivity contribution in [2.24, 2.45) is 0 Å². The summed E-state index contributed by atoms with van der Waals surface area (Å²) in [5.74, 6) is -0.601. The molecule has 0 spiro atoms. The van der Waals surface area contributed by atoms with E-state index in [-0.39, 0.29) is 23.0 Å². The van der Waals surface area contributed by atoms with Crippen molar-refractivity contribution in [1.82, 2.24) is 9.80 Å². The Morgan fingerprint density at radius 3 is 2.17 bits per heavy atom. The minimum absolute atomic E-state index is 0.0306. The predicted molar refractivity (Wildman–Crippen MR) is 85.8 cm³/mol. The number of rotatable bonds is 4. The van der Waals surface area contributed by atoms with Crippen molar-refractivity contribution in [2.45, 2.75) is 6.92 Å². The van der Waals surface area contributed by atoms with Gasteiger partial charge in [0.2, 0.25) is 0 Å². The molecule has 1 aromatic rings. The maximum Gasteiger partial charge on any atom is 0.269 e. The lowest BCUT2D eigenvalue weighted by atomic mass is 10.1. The highest BCUT2D eigenvalue weighted by atomic mass is 16.6. The van der Waals surface area contributed by atoms with Crippen LogP contribution < -0.4 is 0 Å². The first kappa shape index (κ1) is 16.8. The summed E-state index contributed by atoms with van der Waals surface area (Å²) < 4.78 is 0. The molecule has 7 heteroatoms. The van der Waals surface area contributed by atoms with Crippen molar-refractivity contribution in [2.75, 3.05) is 33.2 Å². The fourth-order valence-corrected chi connectivity index (χ4v) is 2.35. The molecule has 0 unspecified atom stereocenters. The molecule has 122 valence electrons. The second kappa shape index (κ2) is 7.15. The molecule has 1 fully saturated rings. The Kier molecular flexibility index (Phi) is 5.23. The highest BCUT2D eigenvalue weighted by molar-refractivity contribution is 6.21. The number of carbonyl (C=O) groups excluding carboxylic acids is 2. The molecule has 1 amide bonds. The van der Waals surface area contributed by atoms with Crippen LogP contribution in [0.15, 0.2) is 29.8 Å². The van der Waals surface area contributed by atoms with Gasteiger partial charge >= 0.3 is 0 Å². The second-order valence-electron chi connectivity index (χ2n) is 5.56. The molecule has 0 aromatic heterocycles. The average molecular weight is 317 g/mol. The third kappa shape index (κ3) is 4.23. The summed E-state index contributed by atoms with van der Waals surface area (Å²) in [6, 6.07) is 5.75. The van der Waals surface area contributed by atoms with Gasteiger partial charge in [-0.25, -0.2) is 0 Å². The number of amides is 1. The molecule has 0 atom stereocenters. The standard InChI is InChI=1S/C16H19N3O4/c1-12(20)15(16(21)18-9-7-17(2)8-10-18)11-13-3-5-14(6-4-13)19(22)23/h3-6,11H,7-10H2,1-2H3/b15-11+. The molecule has 1 aliphatic rings. The SMILES string of the molecule is CC(=O)/C(=C\c1ccc([N+](=O)[O-])cc1)C(=O)N1CCN(C)CC1. The molecule has 0 bridgehead atoms. The summed E-state index contributed by atoms with van der Waals surface area (Å²) in [5, 5.41) is 10.7. The van der Waals surface area contributed by atoms with E-state index in [0.29, 0.717) is 18.7 Å². The number of ketones is 1. The Morgan fingerprint density at radius 1 is 1.13 bits per heavy atom. The second-order valence-corrected chi connectivity index (χ2v) is 5.56. The molecule has 2 rings (SSSR count). The van der Waals surface area contributed by atoms with Gasteiger partial charge in [-0.1, -0.05) is 0 Å². The molecule has 23 heavy (non-hydrogen) atoms. The van der Waals surface area contributed by atoms with Crippen LogP contribution in [-0.4, -0.2) is 59.6 Å². The average Bonchev–Trinajstić information content (AvgIpc) is 2.53. The largest absolute Gasteiger partial charge is 0.336 e. The van der Waals surface area contributed by atoms with Gasteiger partial charge in [-0.3, -0.25) is 19.7 Å². The Hall–Kier alpha value is -2.54. The number of piperazine rings is 1. The molecule has 1 saturated heterocycles. The topological polar surface area (TPSA) is 83.8 Å². The molecule has 1 heterocycles.